The standard InChI is InChI=1S/C10H7BrFNO2/c11-7-2-4-15-10(7)9(14)6-1-3-13-5-8(6)12/h1-5,9,14H. The van der Waals surface area contributed by atoms with E-state index in [1.54, 1.807) is 6.07 Å². The third-order valence-corrected chi connectivity index (χ3v) is 2.65. The van der Waals surface area contributed by atoms with Crippen LogP contribution in [0.15, 0.2) is 39.7 Å². The molecule has 1 unspecified atom stereocenters. The van der Waals surface area contributed by atoms with Gasteiger partial charge in [-0.05, 0) is 28.1 Å². The minimum atomic E-state index is -1.13. The topological polar surface area (TPSA) is 46.3 Å². The number of furan rings is 1. The van der Waals surface area contributed by atoms with Crippen molar-refractivity contribution in [3.8, 4) is 0 Å². The molecule has 0 spiro atoms. The van der Waals surface area contributed by atoms with Crippen molar-refractivity contribution in [3.63, 3.8) is 0 Å². The Hall–Kier alpha value is -1.20. The first kappa shape index (κ1) is 10.3. The zero-order valence-corrected chi connectivity index (χ0v) is 9.11. The number of aliphatic hydroxyl groups excluding tert-OH is 1. The maximum absolute atomic E-state index is 13.3. The summed E-state index contributed by atoms with van der Waals surface area (Å²) in [5, 5.41) is 9.85. The van der Waals surface area contributed by atoms with E-state index in [1.807, 2.05) is 0 Å². The molecule has 0 bridgehead atoms. The number of halogens is 2. The number of aromatic nitrogens is 1. The monoisotopic (exact) mass is 271 g/mol. The summed E-state index contributed by atoms with van der Waals surface area (Å²) in [5.41, 5.74) is 0.139. The molecule has 0 amide bonds. The Kier molecular flexibility index (Phi) is 2.83. The molecule has 0 aliphatic heterocycles. The highest BCUT2D eigenvalue weighted by Crippen LogP contribution is 2.30. The van der Waals surface area contributed by atoms with Crippen molar-refractivity contribution in [1.29, 1.82) is 0 Å². The molecule has 0 aromatic carbocycles. The van der Waals surface area contributed by atoms with Gasteiger partial charge >= 0.3 is 0 Å². The zero-order valence-electron chi connectivity index (χ0n) is 7.52. The van der Waals surface area contributed by atoms with Crippen LogP contribution in [0.2, 0.25) is 0 Å². The molecule has 78 valence electrons. The summed E-state index contributed by atoms with van der Waals surface area (Å²) >= 11 is 3.20. The van der Waals surface area contributed by atoms with Crippen LogP contribution in [0.3, 0.4) is 0 Å². The molecular weight excluding hydrogens is 265 g/mol. The number of rotatable bonds is 2. The lowest BCUT2D eigenvalue weighted by atomic mass is 10.1. The Labute approximate surface area is 93.7 Å². The molecule has 2 aromatic rings. The molecule has 2 aromatic heterocycles. The molecule has 0 aliphatic carbocycles. The number of nitrogens with zero attached hydrogens (tertiary/aromatic N) is 1. The van der Waals surface area contributed by atoms with Gasteiger partial charge in [-0.2, -0.15) is 0 Å². The van der Waals surface area contributed by atoms with Gasteiger partial charge in [0.2, 0.25) is 0 Å². The molecule has 3 nitrogen and oxygen atoms in total. The second kappa shape index (κ2) is 4.12. The second-order valence-corrected chi connectivity index (χ2v) is 3.79. The Bertz CT molecular complexity index is 472. The Balaban J connectivity index is 2.41. The summed E-state index contributed by atoms with van der Waals surface area (Å²) < 4.78 is 18.9. The van der Waals surface area contributed by atoms with Gasteiger partial charge in [0.05, 0.1) is 16.9 Å². The number of hydrogen-bond acceptors (Lipinski definition) is 3. The van der Waals surface area contributed by atoms with Crippen LogP contribution in [0.1, 0.15) is 17.4 Å². The van der Waals surface area contributed by atoms with E-state index in [2.05, 4.69) is 20.9 Å². The molecule has 1 atom stereocenters. The molecule has 5 heteroatoms. The Morgan fingerprint density at radius 1 is 1.47 bits per heavy atom. The third-order valence-electron chi connectivity index (χ3n) is 1.99. The maximum Gasteiger partial charge on any atom is 0.151 e. The van der Waals surface area contributed by atoms with Crippen molar-refractivity contribution in [1.82, 2.24) is 4.98 Å². The lowest BCUT2D eigenvalue weighted by molar-refractivity contribution is 0.183. The maximum atomic E-state index is 13.3. The fraction of sp³-hybridized carbons (Fsp3) is 0.100. The van der Waals surface area contributed by atoms with E-state index in [0.29, 0.717) is 4.47 Å². The molecule has 0 aliphatic rings. The van der Waals surface area contributed by atoms with E-state index < -0.39 is 11.9 Å². The van der Waals surface area contributed by atoms with Crippen LogP contribution in [0.25, 0.3) is 0 Å². The highest BCUT2D eigenvalue weighted by molar-refractivity contribution is 9.10. The van der Waals surface area contributed by atoms with Gasteiger partial charge in [0, 0.05) is 11.8 Å². The van der Waals surface area contributed by atoms with E-state index in [9.17, 15) is 9.50 Å². The third kappa shape index (κ3) is 1.93. The molecule has 15 heavy (non-hydrogen) atoms. The van der Waals surface area contributed by atoms with Crippen LogP contribution in [0, 0.1) is 5.82 Å². The number of hydrogen-bond donors (Lipinski definition) is 1. The van der Waals surface area contributed by atoms with E-state index in [-0.39, 0.29) is 11.3 Å². The molecular formula is C10H7BrFNO2. The average molecular weight is 272 g/mol. The molecule has 2 rings (SSSR count). The average Bonchev–Trinajstić information content (AvgIpc) is 2.64. The highest BCUT2D eigenvalue weighted by atomic mass is 79.9. The smallest absolute Gasteiger partial charge is 0.151 e. The predicted molar refractivity (Wildman–Crippen MR) is 54.7 cm³/mol. The normalized spacial score (nSPS) is 12.7. The summed E-state index contributed by atoms with van der Waals surface area (Å²) in [6, 6.07) is 3.05. The van der Waals surface area contributed by atoms with Crippen molar-refractivity contribution < 1.29 is 13.9 Å². The molecule has 1 N–H and O–H groups in total. The molecule has 0 fully saturated rings. The fourth-order valence-corrected chi connectivity index (χ4v) is 1.67. The Morgan fingerprint density at radius 2 is 2.27 bits per heavy atom. The summed E-state index contributed by atoms with van der Waals surface area (Å²) in [4.78, 5) is 3.60. The first-order valence-electron chi connectivity index (χ1n) is 4.20. The van der Waals surface area contributed by atoms with Crippen LogP contribution in [0.4, 0.5) is 4.39 Å². The Morgan fingerprint density at radius 3 is 2.87 bits per heavy atom. The van der Waals surface area contributed by atoms with Crippen molar-refractivity contribution in [3.05, 3.63) is 52.4 Å². The molecule has 0 saturated carbocycles. The second-order valence-electron chi connectivity index (χ2n) is 2.93. The lowest BCUT2D eigenvalue weighted by Crippen LogP contribution is -2.02. The predicted octanol–water partition coefficient (Wildman–Crippen LogP) is 2.66. The van der Waals surface area contributed by atoms with Gasteiger partial charge in [-0.15, -0.1) is 0 Å². The van der Waals surface area contributed by atoms with Crippen LogP contribution < -0.4 is 0 Å². The van der Waals surface area contributed by atoms with Crippen molar-refractivity contribution >= 4 is 15.9 Å². The summed E-state index contributed by atoms with van der Waals surface area (Å²) in [7, 11) is 0. The van der Waals surface area contributed by atoms with Crippen molar-refractivity contribution in [2.24, 2.45) is 0 Å². The largest absolute Gasteiger partial charge is 0.465 e. The van der Waals surface area contributed by atoms with Crippen molar-refractivity contribution in [2.75, 3.05) is 0 Å². The van der Waals surface area contributed by atoms with Crippen LogP contribution in [-0.2, 0) is 0 Å². The van der Waals surface area contributed by atoms with E-state index in [0.717, 1.165) is 6.20 Å². The van der Waals surface area contributed by atoms with Gasteiger partial charge in [0.15, 0.2) is 5.76 Å². The quantitative estimate of drug-likeness (QED) is 0.914. The van der Waals surface area contributed by atoms with Gasteiger partial charge in [-0.3, -0.25) is 4.98 Å². The highest BCUT2D eigenvalue weighted by Gasteiger charge is 2.20. The zero-order chi connectivity index (χ0) is 10.8. The first-order chi connectivity index (χ1) is 7.20. The van der Waals surface area contributed by atoms with Crippen LogP contribution in [-0.4, -0.2) is 10.1 Å². The van der Waals surface area contributed by atoms with E-state index in [1.165, 1.54) is 18.5 Å². The number of aliphatic hydroxyl groups is 1. The van der Waals surface area contributed by atoms with Crippen LogP contribution in [0.5, 0.6) is 0 Å². The van der Waals surface area contributed by atoms with Gasteiger partial charge in [0.1, 0.15) is 11.9 Å². The van der Waals surface area contributed by atoms with Gasteiger partial charge < -0.3 is 9.52 Å². The lowest BCUT2D eigenvalue weighted by Gasteiger charge is -2.09. The minimum absolute atomic E-state index is 0.139. The molecule has 2 heterocycles. The number of pyridine rings is 1. The SMILES string of the molecule is OC(c1ccncc1F)c1occc1Br. The van der Waals surface area contributed by atoms with E-state index in [4.69, 9.17) is 4.42 Å². The summed E-state index contributed by atoms with van der Waals surface area (Å²) in [6.07, 6.45) is 2.76. The van der Waals surface area contributed by atoms with Gasteiger partial charge in [-0.1, -0.05) is 0 Å². The summed E-state index contributed by atoms with van der Waals surface area (Å²) in [6.45, 7) is 0. The fourth-order valence-electron chi connectivity index (χ4n) is 1.25. The van der Waals surface area contributed by atoms with Crippen molar-refractivity contribution in [2.45, 2.75) is 6.10 Å². The van der Waals surface area contributed by atoms with Crippen LogP contribution >= 0.6 is 15.9 Å². The van der Waals surface area contributed by atoms with E-state index >= 15 is 0 Å². The van der Waals surface area contributed by atoms with Gasteiger partial charge in [0.25, 0.3) is 0 Å². The minimum Gasteiger partial charge on any atom is -0.465 e. The van der Waals surface area contributed by atoms with Gasteiger partial charge in [-0.25, -0.2) is 4.39 Å². The summed E-state index contributed by atoms with van der Waals surface area (Å²) in [5.74, 6) is -0.284. The first-order valence-corrected chi connectivity index (χ1v) is 5.00. The molecule has 0 radical (unpaired) electrons. The molecule has 0 saturated heterocycles.